The quantitative estimate of drug-likeness (QED) is 0.781. The highest BCUT2D eigenvalue weighted by atomic mass is 16.5. The molecule has 19 heavy (non-hydrogen) atoms. The van der Waals surface area contributed by atoms with Crippen LogP contribution in [-0.2, 0) is 9.53 Å². The minimum Gasteiger partial charge on any atom is -0.375 e. The standard InChI is InChI=1S/C15H28N2O2/c1-12(2)15(18)17-10-6-14(7-11-17)19-13-4-8-16(3)9-5-13/h12-14H,4-11H2,1-3H3. The van der Waals surface area contributed by atoms with Crippen molar-refractivity contribution in [2.75, 3.05) is 33.2 Å². The van der Waals surface area contributed by atoms with Gasteiger partial charge in [0.1, 0.15) is 0 Å². The second kappa shape index (κ2) is 6.71. The van der Waals surface area contributed by atoms with Crippen LogP contribution >= 0.6 is 0 Å². The van der Waals surface area contributed by atoms with E-state index in [1.165, 1.54) is 0 Å². The molecule has 1 amide bonds. The van der Waals surface area contributed by atoms with E-state index in [9.17, 15) is 4.79 Å². The largest absolute Gasteiger partial charge is 0.375 e. The normalized spacial score (nSPS) is 24.1. The van der Waals surface area contributed by atoms with Crippen molar-refractivity contribution in [2.45, 2.75) is 51.7 Å². The molecule has 0 aromatic carbocycles. The van der Waals surface area contributed by atoms with Crippen LogP contribution in [0.4, 0.5) is 0 Å². The Labute approximate surface area is 117 Å². The Hall–Kier alpha value is -0.610. The molecule has 0 aliphatic carbocycles. The Balaban J connectivity index is 1.70. The van der Waals surface area contributed by atoms with Crippen LogP contribution in [0.3, 0.4) is 0 Å². The third-order valence-corrected chi connectivity index (χ3v) is 4.30. The summed E-state index contributed by atoms with van der Waals surface area (Å²) in [5, 5.41) is 0. The lowest BCUT2D eigenvalue weighted by Gasteiger charge is -2.36. The van der Waals surface area contributed by atoms with Crippen LogP contribution in [0, 0.1) is 5.92 Å². The van der Waals surface area contributed by atoms with Crippen molar-refractivity contribution in [3.05, 3.63) is 0 Å². The van der Waals surface area contributed by atoms with Gasteiger partial charge in [-0.3, -0.25) is 4.79 Å². The lowest BCUT2D eigenvalue weighted by molar-refractivity contribution is -0.138. The monoisotopic (exact) mass is 268 g/mol. The van der Waals surface area contributed by atoms with E-state index in [1.54, 1.807) is 0 Å². The SMILES string of the molecule is CC(C)C(=O)N1CCC(OC2CCN(C)CC2)CC1. The number of rotatable bonds is 3. The molecule has 4 nitrogen and oxygen atoms in total. The van der Waals surface area contributed by atoms with Gasteiger partial charge in [-0.05, 0) is 32.7 Å². The zero-order chi connectivity index (χ0) is 13.8. The van der Waals surface area contributed by atoms with E-state index in [0.29, 0.717) is 12.2 Å². The average molecular weight is 268 g/mol. The fourth-order valence-electron chi connectivity index (χ4n) is 2.97. The number of piperidine rings is 2. The predicted octanol–water partition coefficient (Wildman–Crippen LogP) is 1.74. The van der Waals surface area contributed by atoms with E-state index in [1.807, 2.05) is 18.7 Å². The molecule has 2 fully saturated rings. The molecule has 2 saturated heterocycles. The fraction of sp³-hybridized carbons (Fsp3) is 0.933. The lowest BCUT2D eigenvalue weighted by atomic mass is 10.0. The number of amides is 1. The van der Waals surface area contributed by atoms with Gasteiger partial charge in [0.2, 0.25) is 5.91 Å². The highest BCUT2D eigenvalue weighted by Gasteiger charge is 2.27. The molecule has 0 bridgehead atoms. The summed E-state index contributed by atoms with van der Waals surface area (Å²) in [6, 6.07) is 0. The predicted molar refractivity (Wildman–Crippen MR) is 76.0 cm³/mol. The average Bonchev–Trinajstić information content (AvgIpc) is 2.41. The molecule has 2 aliphatic rings. The zero-order valence-electron chi connectivity index (χ0n) is 12.6. The van der Waals surface area contributed by atoms with Crippen molar-refractivity contribution in [1.82, 2.24) is 9.80 Å². The van der Waals surface area contributed by atoms with Crippen molar-refractivity contribution in [2.24, 2.45) is 5.92 Å². The molecule has 2 rings (SSSR count). The minimum atomic E-state index is 0.117. The molecule has 110 valence electrons. The number of likely N-dealkylation sites (tertiary alicyclic amines) is 2. The summed E-state index contributed by atoms with van der Waals surface area (Å²) in [6.07, 6.45) is 5.12. The van der Waals surface area contributed by atoms with Crippen LogP contribution in [0.5, 0.6) is 0 Å². The van der Waals surface area contributed by atoms with E-state index >= 15 is 0 Å². The molecule has 0 unspecified atom stereocenters. The van der Waals surface area contributed by atoms with Gasteiger partial charge in [-0.25, -0.2) is 0 Å². The van der Waals surface area contributed by atoms with Crippen molar-refractivity contribution < 1.29 is 9.53 Å². The highest BCUT2D eigenvalue weighted by molar-refractivity contribution is 5.78. The fourth-order valence-corrected chi connectivity index (χ4v) is 2.97. The first-order chi connectivity index (χ1) is 9.06. The molecule has 0 spiro atoms. The first kappa shape index (κ1) is 14.8. The summed E-state index contributed by atoms with van der Waals surface area (Å²) in [6.45, 7) is 7.99. The molecule has 2 aliphatic heterocycles. The summed E-state index contributed by atoms with van der Waals surface area (Å²) in [4.78, 5) is 16.3. The Morgan fingerprint density at radius 2 is 1.47 bits per heavy atom. The van der Waals surface area contributed by atoms with Gasteiger partial charge < -0.3 is 14.5 Å². The Morgan fingerprint density at radius 1 is 1.00 bits per heavy atom. The van der Waals surface area contributed by atoms with Gasteiger partial charge in [0.25, 0.3) is 0 Å². The van der Waals surface area contributed by atoms with Crippen molar-refractivity contribution in [3.63, 3.8) is 0 Å². The van der Waals surface area contributed by atoms with Crippen molar-refractivity contribution >= 4 is 5.91 Å². The summed E-state index contributed by atoms with van der Waals surface area (Å²) >= 11 is 0. The molecule has 0 aromatic heterocycles. The number of nitrogens with zero attached hydrogens (tertiary/aromatic N) is 2. The summed E-state index contributed by atoms with van der Waals surface area (Å²) in [7, 11) is 2.17. The number of ether oxygens (including phenoxy) is 1. The van der Waals surface area contributed by atoms with E-state index in [-0.39, 0.29) is 11.8 Å². The maximum absolute atomic E-state index is 11.9. The van der Waals surface area contributed by atoms with Gasteiger partial charge in [0.05, 0.1) is 12.2 Å². The third kappa shape index (κ3) is 4.18. The maximum Gasteiger partial charge on any atom is 0.225 e. The van der Waals surface area contributed by atoms with Crippen molar-refractivity contribution in [1.29, 1.82) is 0 Å². The van der Waals surface area contributed by atoms with Gasteiger partial charge in [-0.15, -0.1) is 0 Å². The van der Waals surface area contributed by atoms with Gasteiger partial charge in [-0.1, -0.05) is 13.8 Å². The smallest absolute Gasteiger partial charge is 0.225 e. The summed E-state index contributed by atoms with van der Waals surface area (Å²) < 4.78 is 6.20. The van der Waals surface area contributed by atoms with Crippen LogP contribution in [0.2, 0.25) is 0 Å². The van der Waals surface area contributed by atoms with Crippen LogP contribution in [0.1, 0.15) is 39.5 Å². The number of hydrogen-bond donors (Lipinski definition) is 0. The minimum absolute atomic E-state index is 0.117. The number of carbonyl (C=O) groups is 1. The molecule has 0 saturated carbocycles. The highest BCUT2D eigenvalue weighted by Crippen LogP contribution is 2.21. The first-order valence-electron chi connectivity index (χ1n) is 7.69. The van der Waals surface area contributed by atoms with Gasteiger partial charge in [0.15, 0.2) is 0 Å². The van der Waals surface area contributed by atoms with Gasteiger partial charge >= 0.3 is 0 Å². The van der Waals surface area contributed by atoms with Gasteiger partial charge in [-0.2, -0.15) is 0 Å². The number of hydrogen-bond acceptors (Lipinski definition) is 3. The van der Waals surface area contributed by atoms with Crippen molar-refractivity contribution in [3.8, 4) is 0 Å². The van der Waals surface area contributed by atoms with Crippen LogP contribution in [0.25, 0.3) is 0 Å². The second-order valence-electron chi connectivity index (χ2n) is 6.32. The molecule has 0 aromatic rings. The Morgan fingerprint density at radius 3 is 1.95 bits per heavy atom. The van der Waals surface area contributed by atoms with E-state index in [2.05, 4.69) is 11.9 Å². The Kier molecular flexibility index (Phi) is 5.22. The molecule has 4 heteroatoms. The zero-order valence-corrected chi connectivity index (χ0v) is 12.6. The second-order valence-corrected chi connectivity index (χ2v) is 6.32. The lowest BCUT2D eigenvalue weighted by Crippen LogP contribution is -2.44. The number of carbonyl (C=O) groups excluding carboxylic acids is 1. The maximum atomic E-state index is 11.9. The molecule has 2 heterocycles. The van der Waals surface area contributed by atoms with E-state index in [4.69, 9.17) is 4.74 Å². The van der Waals surface area contributed by atoms with Crippen LogP contribution < -0.4 is 0 Å². The molecular formula is C15H28N2O2. The van der Waals surface area contributed by atoms with E-state index in [0.717, 1.165) is 51.9 Å². The third-order valence-electron chi connectivity index (χ3n) is 4.30. The van der Waals surface area contributed by atoms with Crippen LogP contribution in [0.15, 0.2) is 0 Å². The summed E-state index contributed by atoms with van der Waals surface area (Å²) in [5.41, 5.74) is 0. The first-order valence-corrected chi connectivity index (χ1v) is 7.69. The molecule has 0 N–H and O–H groups in total. The Bertz CT molecular complexity index is 291. The molecule has 0 atom stereocenters. The topological polar surface area (TPSA) is 32.8 Å². The molecule has 0 radical (unpaired) electrons. The van der Waals surface area contributed by atoms with E-state index < -0.39 is 0 Å². The van der Waals surface area contributed by atoms with Crippen LogP contribution in [-0.4, -0.2) is 61.1 Å². The van der Waals surface area contributed by atoms with Gasteiger partial charge in [0, 0.05) is 32.1 Å². The summed E-state index contributed by atoms with van der Waals surface area (Å²) in [5.74, 6) is 0.407. The molecular weight excluding hydrogens is 240 g/mol.